The van der Waals surface area contributed by atoms with E-state index < -0.39 is 0 Å². The molecular weight excluding hydrogens is 280 g/mol. The Labute approximate surface area is 111 Å². The Morgan fingerprint density at radius 3 is 2.76 bits per heavy atom. The fraction of sp³-hybridized carbons (Fsp3) is 0.615. The zero-order valence-electron chi connectivity index (χ0n) is 10.2. The predicted octanol–water partition coefficient (Wildman–Crippen LogP) is 3.10. The van der Waals surface area contributed by atoms with Crippen LogP contribution in [0.3, 0.4) is 0 Å². The van der Waals surface area contributed by atoms with E-state index in [0.29, 0.717) is 11.6 Å². The Morgan fingerprint density at radius 1 is 1.47 bits per heavy atom. The number of carbonyl (C=O) groups excluding carboxylic acids is 1. The van der Waals surface area contributed by atoms with Crippen LogP contribution in [-0.4, -0.2) is 17.0 Å². The van der Waals surface area contributed by atoms with Gasteiger partial charge in [0.1, 0.15) is 5.69 Å². The Kier molecular flexibility index (Phi) is 4.26. The van der Waals surface area contributed by atoms with Crippen LogP contribution in [0.15, 0.2) is 16.7 Å². The second-order valence-corrected chi connectivity index (χ2v) is 5.78. The first kappa shape index (κ1) is 12.7. The number of nitrogens with zero attached hydrogens (tertiary/aromatic N) is 1. The molecule has 3 nitrogen and oxygen atoms in total. The molecule has 2 rings (SSSR count). The Bertz CT molecular complexity index is 394. The van der Waals surface area contributed by atoms with Gasteiger partial charge in [-0.25, -0.2) is 0 Å². The first-order valence-corrected chi connectivity index (χ1v) is 7.06. The summed E-state index contributed by atoms with van der Waals surface area (Å²) in [6.45, 7) is 0.821. The van der Waals surface area contributed by atoms with Crippen molar-refractivity contribution in [2.75, 3.05) is 6.54 Å². The summed E-state index contributed by atoms with van der Waals surface area (Å²) in [5.74, 6) is 0.709. The van der Waals surface area contributed by atoms with Crippen molar-refractivity contribution >= 4 is 21.8 Å². The van der Waals surface area contributed by atoms with Gasteiger partial charge in [0.15, 0.2) is 0 Å². The number of carbonyl (C=O) groups is 1. The first-order chi connectivity index (χ1) is 8.16. The van der Waals surface area contributed by atoms with Crippen molar-refractivity contribution in [3.05, 3.63) is 22.4 Å². The van der Waals surface area contributed by atoms with E-state index in [1.54, 1.807) is 0 Å². The van der Waals surface area contributed by atoms with E-state index in [0.717, 1.165) is 11.0 Å². The summed E-state index contributed by atoms with van der Waals surface area (Å²) >= 11 is 3.38. The lowest BCUT2D eigenvalue weighted by atomic mass is 9.89. The minimum absolute atomic E-state index is 0.0313. The topological polar surface area (TPSA) is 34.0 Å². The molecule has 1 aromatic rings. The molecule has 0 saturated heterocycles. The maximum Gasteiger partial charge on any atom is 0.267 e. The van der Waals surface area contributed by atoms with Crippen molar-refractivity contribution in [1.82, 2.24) is 9.88 Å². The fourth-order valence-electron chi connectivity index (χ4n) is 2.47. The third-order valence-corrected chi connectivity index (χ3v) is 3.91. The third-order valence-electron chi connectivity index (χ3n) is 3.48. The number of hydrogen-bond donors (Lipinski definition) is 1. The molecule has 17 heavy (non-hydrogen) atoms. The van der Waals surface area contributed by atoms with E-state index in [9.17, 15) is 4.79 Å². The summed E-state index contributed by atoms with van der Waals surface area (Å²) in [6.07, 6.45) is 8.41. The molecule has 1 amide bonds. The molecule has 0 bridgehead atoms. The number of hydrogen-bond acceptors (Lipinski definition) is 1. The maximum atomic E-state index is 12.0. The SMILES string of the molecule is Cn1cc(Br)cc1C(=O)NCC1CCCCC1. The zero-order valence-corrected chi connectivity index (χ0v) is 11.8. The number of amides is 1. The van der Waals surface area contributed by atoms with E-state index >= 15 is 0 Å². The molecule has 0 atom stereocenters. The standard InChI is InChI=1S/C13H19BrN2O/c1-16-9-11(14)7-12(16)13(17)15-8-10-5-3-2-4-6-10/h7,9-10H,2-6,8H2,1H3,(H,15,17). The smallest absolute Gasteiger partial charge is 0.267 e. The van der Waals surface area contributed by atoms with Crippen LogP contribution < -0.4 is 5.32 Å². The molecule has 4 heteroatoms. The quantitative estimate of drug-likeness (QED) is 0.914. The Balaban J connectivity index is 1.86. The number of rotatable bonds is 3. The number of nitrogens with one attached hydrogen (secondary N) is 1. The summed E-state index contributed by atoms with van der Waals surface area (Å²) in [5.41, 5.74) is 0.715. The highest BCUT2D eigenvalue weighted by atomic mass is 79.9. The van der Waals surface area contributed by atoms with Gasteiger partial charge >= 0.3 is 0 Å². The highest BCUT2D eigenvalue weighted by Crippen LogP contribution is 2.23. The summed E-state index contributed by atoms with van der Waals surface area (Å²) in [6, 6.07) is 1.86. The van der Waals surface area contributed by atoms with Crippen LogP contribution in [0, 0.1) is 5.92 Å². The van der Waals surface area contributed by atoms with Crippen LogP contribution in [0.4, 0.5) is 0 Å². The summed E-state index contributed by atoms with van der Waals surface area (Å²) in [4.78, 5) is 12.0. The van der Waals surface area contributed by atoms with Crippen LogP contribution in [0.2, 0.25) is 0 Å². The average molecular weight is 299 g/mol. The molecule has 0 radical (unpaired) electrons. The molecule has 1 aliphatic rings. The Morgan fingerprint density at radius 2 is 2.18 bits per heavy atom. The van der Waals surface area contributed by atoms with Crippen LogP contribution in [0.5, 0.6) is 0 Å². The van der Waals surface area contributed by atoms with Gasteiger partial charge in [0, 0.05) is 24.3 Å². The van der Waals surface area contributed by atoms with E-state index in [-0.39, 0.29) is 5.91 Å². The normalized spacial score (nSPS) is 17.1. The molecule has 1 N–H and O–H groups in total. The lowest BCUT2D eigenvalue weighted by Gasteiger charge is -2.21. The minimum Gasteiger partial charge on any atom is -0.350 e. The second kappa shape index (κ2) is 5.71. The van der Waals surface area contributed by atoms with Gasteiger partial charge in [0.25, 0.3) is 5.91 Å². The van der Waals surface area contributed by atoms with Gasteiger partial charge in [-0.3, -0.25) is 4.79 Å². The van der Waals surface area contributed by atoms with Gasteiger partial charge in [0.2, 0.25) is 0 Å². The van der Waals surface area contributed by atoms with Crippen LogP contribution in [0.1, 0.15) is 42.6 Å². The van der Waals surface area contributed by atoms with Crippen molar-refractivity contribution in [2.24, 2.45) is 13.0 Å². The molecule has 94 valence electrons. The molecule has 1 aliphatic carbocycles. The van der Waals surface area contributed by atoms with Crippen molar-refractivity contribution in [3.8, 4) is 0 Å². The molecule has 0 aliphatic heterocycles. The second-order valence-electron chi connectivity index (χ2n) is 4.87. The molecule has 0 unspecified atom stereocenters. The highest BCUT2D eigenvalue weighted by molar-refractivity contribution is 9.10. The molecule has 0 aromatic carbocycles. The van der Waals surface area contributed by atoms with E-state index in [4.69, 9.17) is 0 Å². The molecule has 1 fully saturated rings. The van der Waals surface area contributed by atoms with Gasteiger partial charge in [0.05, 0.1) is 0 Å². The lowest BCUT2D eigenvalue weighted by molar-refractivity contribution is 0.0935. The van der Waals surface area contributed by atoms with Crippen molar-refractivity contribution in [1.29, 1.82) is 0 Å². The van der Waals surface area contributed by atoms with Gasteiger partial charge in [-0.05, 0) is 40.8 Å². The number of halogens is 1. The molecule has 1 saturated carbocycles. The number of aromatic nitrogens is 1. The van der Waals surface area contributed by atoms with Gasteiger partial charge in [-0.2, -0.15) is 0 Å². The summed E-state index contributed by atoms with van der Waals surface area (Å²) in [5, 5.41) is 3.04. The summed E-state index contributed by atoms with van der Waals surface area (Å²) < 4.78 is 2.79. The van der Waals surface area contributed by atoms with Crippen LogP contribution >= 0.6 is 15.9 Å². The fourth-order valence-corrected chi connectivity index (χ4v) is 2.99. The van der Waals surface area contributed by atoms with Crippen molar-refractivity contribution < 1.29 is 4.79 Å². The Hall–Kier alpha value is -0.770. The zero-order chi connectivity index (χ0) is 12.3. The van der Waals surface area contributed by atoms with Crippen molar-refractivity contribution in [2.45, 2.75) is 32.1 Å². The molecule has 1 aromatic heterocycles. The predicted molar refractivity (Wildman–Crippen MR) is 72.0 cm³/mol. The van der Waals surface area contributed by atoms with Gasteiger partial charge in [-0.15, -0.1) is 0 Å². The van der Waals surface area contributed by atoms with Crippen molar-refractivity contribution in [3.63, 3.8) is 0 Å². The van der Waals surface area contributed by atoms with Gasteiger partial charge in [-0.1, -0.05) is 19.3 Å². The average Bonchev–Trinajstić information content (AvgIpc) is 2.67. The minimum atomic E-state index is 0.0313. The van der Waals surface area contributed by atoms with E-state index in [1.165, 1.54) is 32.1 Å². The third kappa shape index (κ3) is 3.35. The van der Waals surface area contributed by atoms with Gasteiger partial charge < -0.3 is 9.88 Å². The first-order valence-electron chi connectivity index (χ1n) is 6.27. The lowest BCUT2D eigenvalue weighted by Crippen LogP contribution is -2.31. The summed E-state index contributed by atoms with van der Waals surface area (Å²) in [7, 11) is 1.89. The maximum absolute atomic E-state index is 12.0. The van der Waals surface area contributed by atoms with E-state index in [2.05, 4.69) is 21.2 Å². The van der Waals surface area contributed by atoms with E-state index in [1.807, 2.05) is 23.9 Å². The number of aryl methyl sites for hydroxylation is 1. The molecule has 1 heterocycles. The van der Waals surface area contributed by atoms with Crippen LogP contribution in [0.25, 0.3) is 0 Å². The molecule has 0 spiro atoms. The molecular formula is C13H19BrN2O. The van der Waals surface area contributed by atoms with Crippen LogP contribution in [-0.2, 0) is 7.05 Å². The monoisotopic (exact) mass is 298 g/mol. The highest BCUT2D eigenvalue weighted by Gasteiger charge is 2.16. The largest absolute Gasteiger partial charge is 0.350 e.